The van der Waals surface area contributed by atoms with Gasteiger partial charge in [0.15, 0.2) is 0 Å². The lowest BCUT2D eigenvalue weighted by Gasteiger charge is -2.26. The number of amides is 2. The Balaban J connectivity index is 1.82. The first-order chi connectivity index (χ1) is 15.8. The highest BCUT2D eigenvalue weighted by atomic mass is 32.1. The number of thiophene rings is 1. The van der Waals surface area contributed by atoms with Crippen LogP contribution in [0.4, 0.5) is 15.5 Å². The number of nitrogens with one attached hydrogen (secondary N) is 1. The van der Waals surface area contributed by atoms with E-state index in [1.807, 2.05) is 0 Å². The maximum absolute atomic E-state index is 12.6. The van der Waals surface area contributed by atoms with Crippen molar-refractivity contribution in [2.75, 3.05) is 25.1 Å². The van der Waals surface area contributed by atoms with Crippen molar-refractivity contribution < 1.29 is 28.8 Å². The molecule has 1 aromatic carbocycles. The van der Waals surface area contributed by atoms with E-state index in [1.165, 1.54) is 41.7 Å². The second-order valence-corrected chi connectivity index (χ2v) is 8.08. The van der Waals surface area contributed by atoms with E-state index in [2.05, 4.69) is 5.32 Å². The quantitative estimate of drug-likeness (QED) is 0.279. The van der Waals surface area contributed by atoms with Crippen LogP contribution >= 0.6 is 11.3 Å². The van der Waals surface area contributed by atoms with E-state index in [0.717, 1.165) is 10.4 Å². The summed E-state index contributed by atoms with van der Waals surface area (Å²) in [5.41, 5.74) is 1.44. The molecule has 0 bridgehead atoms. The zero-order chi connectivity index (χ0) is 24.0. The number of anilines is 1. The van der Waals surface area contributed by atoms with Crippen molar-refractivity contribution in [1.29, 1.82) is 0 Å². The number of nitro benzene ring substituents is 1. The molecule has 3 rings (SSSR count). The van der Waals surface area contributed by atoms with Gasteiger partial charge in [-0.2, -0.15) is 0 Å². The molecule has 1 aromatic heterocycles. The van der Waals surface area contributed by atoms with Gasteiger partial charge >= 0.3 is 12.1 Å². The molecule has 2 aromatic rings. The SMILES string of the molecule is CCOC(=O)c1c(NC(=O)C=Cc2cccc([N+](=O)[O-])c2)sc2c1CCN(C(=O)OCC)C2. The fraction of sp³-hybridized carbons (Fsp3) is 0.318. The highest BCUT2D eigenvalue weighted by Gasteiger charge is 2.31. The molecular weight excluding hydrogens is 450 g/mol. The number of ether oxygens (including phenoxy) is 2. The molecule has 0 saturated carbocycles. The van der Waals surface area contributed by atoms with Crippen molar-refractivity contribution >= 4 is 46.1 Å². The lowest BCUT2D eigenvalue weighted by atomic mass is 10.0. The fourth-order valence-corrected chi connectivity index (χ4v) is 4.60. The van der Waals surface area contributed by atoms with Crippen molar-refractivity contribution in [2.45, 2.75) is 26.8 Å². The molecule has 0 saturated heterocycles. The Morgan fingerprint density at radius 2 is 2.00 bits per heavy atom. The topological polar surface area (TPSA) is 128 Å². The lowest BCUT2D eigenvalue weighted by molar-refractivity contribution is -0.384. The average Bonchev–Trinajstić information content (AvgIpc) is 3.15. The summed E-state index contributed by atoms with van der Waals surface area (Å²) in [4.78, 5) is 50.0. The Morgan fingerprint density at radius 3 is 2.70 bits per heavy atom. The zero-order valence-electron chi connectivity index (χ0n) is 18.2. The van der Waals surface area contributed by atoms with E-state index in [4.69, 9.17) is 9.47 Å². The number of hydrogen-bond donors (Lipinski definition) is 1. The molecule has 10 nitrogen and oxygen atoms in total. The predicted octanol–water partition coefficient (Wildman–Crippen LogP) is 4.00. The van der Waals surface area contributed by atoms with Gasteiger partial charge in [0.25, 0.3) is 5.69 Å². The van der Waals surface area contributed by atoms with Gasteiger partial charge in [-0.25, -0.2) is 9.59 Å². The first-order valence-corrected chi connectivity index (χ1v) is 11.1. The zero-order valence-corrected chi connectivity index (χ0v) is 19.0. The van der Waals surface area contributed by atoms with Crippen molar-refractivity contribution in [3.63, 3.8) is 0 Å². The molecule has 0 fully saturated rings. The highest BCUT2D eigenvalue weighted by Crippen LogP contribution is 2.38. The summed E-state index contributed by atoms with van der Waals surface area (Å²) in [6.07, 6.45) is 2.68. The molecule has 11 heteroatoms. The van der Waals surface area contributed by atoms with E-state index in [0.29, 0.717) is 23.5 Å². The lowest BCUT2D eigenvalue weighted by Crippen LogP contribution is -2.36. The molecule has 1 aliphatic rings. The van der Waals surface area contributed by atoms with Crippen LogP contribution in [-0.2, 0) is 27.2 Å². The Hall–Kier alpha value is -3.73. The summed E-state index contributed by atoms with van der Waals surface area (Å²) in [7, 11) is 0. The second-order valence-electron chi connectivity index (χ2n) is 6.97. The van der Waals surface area contributed by atoms with Crippen molar-refractivity contribution in [3.05, 3.63) is 62.0 Å². The normalized spacial score (nSPS) is 12.8. The number of esters is 1. The van der Waals surface area contributed by atoms with Crippen molar-refractivity contribution in [3.8, 4) is 0 Å². The van der Waals surface area contributed by atoms with E-state index >= 15 is 0 Å². The molecule has 0 unspecified atom stereocenters. The summed E-state index contributed by atoms with van der Waals surface area (Å²) >= 11 is 1.21. The van der Waals surface area contributed by atoms with Crippen LogP contribution in [0.1, 0.15) is 40.2 Å². The molecule has 33 heavy (non-hydrogen) atoms. The van der Waals surface area contributed by atoms with Crippen LogP contribution in [-0.4, -0.2) is 47.6 Å². The van der Waals surface area contributed by atoms with E-state index in [-0.39, 0.29) is 31.0 Å². The monoisotopic (exact) mass is 473 g/mol. The molecule has 2 amide bonds. The standard InChI is InChI=1S/C22H23N3O7S/c1-3-31-21(27)19-16-10-11-24(22(28)32-4-2)13-17(16)33-20(19)23-18(26)9-8-14-6-5-7-15(12-14)25(29)30/h5-9,12H,3-4,10-11,13H2,1-2H3,(H,23,26). The number of nitro groups is 1. The van der Waals surface area contributed by atoms with Crippen molar-refractivity contribution in [2.24, 2.45) is 0 Å². The maximum atomic E-state index is 12.6. The Morgan fingerprint density at radius 1 is 1.24 bits per heavy atom. The predicted molar refractivity (Wildman–Crippen MR) is 122 cm³/mol. The highest BCUT2D eigenvalue weighted by molar-refractivity contribution is 7.17. The first kappa shape index (κ1) is 23.9. The van der Waals surface area contributed by atoms with Crippen LogP contribution in [0.2, 0.25) is 0 Å². The minimum absolute atomic E-state index is 0.0840. The van der Waals surface area contributed by atoms with Gasteiger partial charge in [0.2, 0.25) is 5.91 Å². The summed E-state index contributed by atoms with van der Waals surface area (Å²) in [5.74, 6) is -1.05. The van der Waals surface area contributed by atoms with Crippen LogP contribution in [0.5, 0.6) is 0 Å². The number of nitrogens with zero attached hydrogens (tertiary/aromatic N) is 2. The van der Waals surface area contributed by atoms with Gasteiger partial charge in [-0.05, 0) is 37.5 Å². The van der Waals surface area contributed by atoms with Gasteiger partial charge in [0.1, 0.15) is 5.00 Å². The van der Waals surface area contributed by atoms with E-state index < -0.39 is 22.9 Å². The number of hydrogen-bond acceptors (Lipinski definition) is 8. The minimum Gasteiger partial charge on any atom is -0.462 e. The Bertz CT molecular complexity index is 1110. The molecule has 0 spiro atoms. The third kappa shape index (κ3) is 5.75. The van der Waals surface area contributed by atoms with Crippen molar-refractivity contribution in [1.82, 2.24) is 4.90 Å². The molecule has 174 valence electrons. The largest absolute Gasteiger partial charge is 0.462 e. The Labute approximate surface area is 193 Å². The maximum Gasteiger partial charge on any atom is 0.410 e. The first-order valence-electron chi connectivity index (χ1n) is 10.3. The Kier molecular flexibility index (Phi) is 7.78. The third-order valence-electron chi connectivity index (χ3n) is 4.81. The van der Waals surface area contributed by atoms with Crippen LogP contribution in [0.15, 0.2) is 30.3 Å². The number of fused-ring (bicyclic) bond motifs is 1. The number of rotatable bonds is 7. The van der Waals surface area contributed by atoms with Gasteiger partial charge in [-0.1, -0.05) is 12.1 Å². The second kappa shape index (κ2) is 10.7. The van der Waals surface area contributed by atoms with Gasteiger partial charge < -0.3 is 19.7 Å². The number of non-ortho nitro benzene ring substituents is 1. The number of carbonyl (C=O) groups excluding carboxylic acids is 3. The smallest absolute Gasteiger partial charge is 0.410 e. The third-order valence-corrected chi connectivity index (χ3v) is 5.94. The molecule has 2 heterocycles. The summed E-state index contributed by atoms with van der Waals surface area (Å²) in [6, 6.07) is 5.87. The van der Waals surface area contributed by atoms with Gasteiger partial charge in [-0.15, -0.1) is 11.3 Å². The van der Waals surface area contributed by atoms with Crippen LogP contribution in [0, 0.1) is 10.1 Å². The molecule has 0 atom stereocenters. The van der Waals surface area contributed by atoms with Gasteiger partial charge in [-0.3, -0.25) is 14.9 Å². The van der Waals surface area contributed by atoms with Gasteiger partial charge in [0.05, 0.1) is 30.2 Å². The minimum atomic E-state index is -0.544. The summed E-state index contributed by atoms with van der Waals surface area (Å²) in [5, 5.41) is 14.0. The summed E-state index contributed by atoms with van der Waals surface area (Å²) < 4.78 is 10.2. The van der Waals surface area contributed by atoms with Crippen LogP contribution in [0.25, 0.3) is 6.08 Å². The number of carbonyl (C=O) groups is 3. The summed E-state index contributed by atoms with van der Waals surface area (Å²) in [6.45, 7) is 4.52. The molecule has 0 radical (unpaired) electrons. The molecule has 0 aliphatic carbocycles. The fourth-order valence-electron chi connectivity index (χ4n) is 3.35. The average molecular weight is 474 g/mol. The van der Waals surface area contributed by atoms with Crippen LogP contribution in [0.3, 0.4) is 0 Å². The molecular formula is C22H23N3O7S. The van der Waals surface area contributed by atoms with E-state index in [9.17, 15) is 24.5 Å². The van der Waals surface area contributed by atoms with Crippen LogP contribution < -0.4 is 5.32 Å². The van der Waals surface area contributed by atoms with Gasteiger partial charge in [0, 0.05) is 29.6 Å². The van der Waals surface area contributed by atoms with E-state index in [1.54, 1.807) is 24.8 Å². The number of benzene rings is 1. The molecule has 1 aliphatic heterocycles. The molecule has 1 N–H and O–H groups in total.